The molecule has 0 bridgehead atoms. The van der Waals surface area contributed by atoms with Gasteiger partial charge in [0.25, 0.3) is 0 Å². The van der Waals surface area contributed by atoms with Crippen molar-refractivity contribution in [2.75, 3.05) is 6.61 Å². The maximum absolute atomic E-state index is 5.96. The molecule has 0 fully saturated rings. The number of rotatable bonds is 4. The fourth-order valence-corrected chi connectivity index (χ4v) is 1.35. The van der Waals surface area contributed by atoms with E-state index < -0.39 is 0 Å². The molecule has 0 aliphatic carbocycles. The monoisotopic (exact) mass is 197 g/mol. The Hall–Kier alpha value is -0.690. The van der Waals surface area contributed by atoms with Crippen molar-refractivity contribution in [1.82, 2.24) is 0 Å². The zero-order valence-corrected chi connectivity index (χ0v) is 8.60. The molecular formula is C11H14ClO. The molecular weight excluding hydrogens is 184 g/mol. The quantitative estimate of drug-likeness (QED) is 0.718. The van der Waals surface area contributed by atoms with E-state index >= 15 is 0 Å². The zero-order valence-electron chi connectivity index (χ0n) is 7.85. The summed E-state index contributed by atoms with van der Waals surface area (Å²) in [6.07, 6.45) is 1.71. The molecule has 1 nitrogen and oxygen atoms in total. The number of hydrogen-bond acceptors (Lipinski definition) is 1. The molecule has 13 heavy (non-hydrogen) atoms. The molecule has 0 unspecified atom stereocenters. The van der Waals surface area contributed by atoms with Crippen LogP contribution in [0.2, 0.25) is 5.02 Å². The lowest BCUT2D eigenvalue weighted by molar-refractivity contribution is 0.324. The van der Waals surface area contributed by atoms with Crippen LogP contribution >= 0.6 is 11.6 Å². The third-order valence-corrected chi connectivity index (χ3v) is 2.18. The van der Waals surface area contributed by atoms with E-state index in [9.17, 15) is 0 Å². The van der Waals surface area contributed by atoms with Gasteiger partial charge >= 0.3 is 0 Å². The maximum Gasteiger partial charge on any atom is 0.119 e. The minimum absolute atomic E-state index is 0.658. The van der Waals surface area contributed by atoms with E-state index in [0.29, 0.717) is 6.61 Å². The molecule has 0 spiro atoms. The third-order valence-electron chi connectivity index (χ3n) is 1.81. The van der Waals surface area contributed by atoms with Crippen LogP contribution in [-0.2, 0) is 6.42 Å². The highest BCUT2D eigenvalue weighted by Gasteiger charge is 2.00. The molecule has 1 aromatic carbocycles. The number of benzene rings is 1. The SMILES string of the molecule is [CH2]CCOc1ccc(Cl)c(CC)c1. The van der Waals surface area contributed by atoms with Gasteiger partial charge in [-0.1, -0.05) is 18.5 Å². The van der Waals surface area contributed by atoms with Gasteiger partial charge in [0.1, 0.15) is 5.75 Å². The van der Waals surface area contributed by atoms with Gasteiger partial charge in [0.2, 0.25) is 0 Å². The number of ether oxygens (including phenoxy) is 1. The fourth-order valence-electron chi connectivity index (χ4n) is 1.10. The summed E-state index contributed by atoms with van der Waals surface area (Å²) < 4.78 is 5.43. The second-order valence-electron chi connectivity index (χ2n) is 2.81. The minimum Gasteiger partial charge on any atom is -0.494 e. The molecule has 1 rings (SSSR count). The second kappa shape index (κ2) is 5.13. The summed E-state index contributed by atoms with van der Waals surface area (Å²) >= 11 is 5.96. The average molecular weight is 198 g/mol. The Morgan fingerprint density at radius 3 is 2.85 bits per heavy atom. The first-order valence-corrected chi connectivity index (χ1v) is 4.86. The summed E-state index contributed by atoms with van der Waals surface area (Å²) in [5.41, 5.74) is 1.13. The first-order chi connectivity index (χ1) is 6.27. The summed E-state index contributed by atoms with van der Waals surface area (Å²) in [6.45, 7) is 6.44. The lowest BCUT2D eigenvalue weighted by Gasteiger charge is -2.07. The lowest BCUT2D eigenvalue weighted by Crippen LogP contribution is -1.95. The molecule has 0 aliphatic rings. The van der Waals surface area contributed by atoms with E-state index in [1.54, 1.807) is 0 Å². The molecule has 1 radical (unpaired) electrons. The van der Waals surface area contributed by atoms with E-state index in [1.807, 2.05) is 18.2 Å². The van der Waals surface area contributed by atoms with Gasteiger partial charge in [-0.05, 0) is 43.5 Å². The van der Waals surface area contributed by atoms with Crippen LogP contribution in [0.15, 0.2) is 18.2 Å². The number of aryl methyl sites for hydroxylation is 1. The molecule has 71 valence electrons. The molecule has 0 N–H and O–H groups in total. The van der Waals surface area contributed by atoms with E-state index in [-0.39, 0.29) is 0 Å². The first-order valence-electron chi connectivity index (χ1n) is 4.48. The Kier molecular flexibility index (Phi) is 4.10. The van der Waals surface area contributed by atoms with Crippen molar-refractivity contribution in [2.24, 2.45) is 0 Å². The Morgan fingerprint density at radius 1 is 1.46 bits per heavy atom. The van der Waals surface area contributed by atoms with Crippen LogP contribution < -0.4 is 4.74 Å². The predicted octanol–water partition coefficient (Wildman–Crippen LogP) is 3.51. The van der Waals surface area contributed by atoms with Crippen molar-refractivity contribution < 1.29 is 4.74 Å². The Bertz CT molecular complexity index is 271. The van der Waals surface area contributed by atoms with Crippen molar-refractivity contribution in [3.05, 3.63) is 35.7 Å². The van der Waals surface area contributed by atoms with Crippen LogP contribution in [-0.4, -0.2) is 6.61 Å². The highest BCUT2D eigenvalue weighted by molar-refractivity contribution is 6.31. The number of hydrogen-bond donors (Lipinski definition) is 0. The van der Waals surface area contributed by atoms with Gasteiger partial charge in [-0.25, -0.2) is 0 Å². The van der Waals surface area contributed by atoms with Crippen molar-refractivity contribution in [2.45, 2.75) is 19.8 Å². The summed E-state index contributed by atoms with van der Waals surface area (Å²) in [7, 11) is 0. The van der Waals surface area contributed by atoms with Crippen LogP contribution in [0.1, 0.15) is 18.9 Å². The second-order valence-corrected chi connectivity index (χ2v) is 3.22. The van der Waals surface area contributed by atoms with Crippen molar-refractivity contribution in [3.8, 4) is 5.75 Å². The van der Waals surface area contributed by atoms with Gasteiger partial charge in [0.05, 0.1) is 6.61 Å². The molecule has 0 aliphatic heterocycles. The highest BCUT2D eigenvalue weighted by Crippen LogP contribution is 2.22. The Labute approximate surface area is 84.7 Å². The molecule has 0 amide bonds. The normalized spacial score (nSPS) is 10.1. The van der Waals surface area contributed by atoms with Crippen molar-refractivity contribution in [3.63, 3.8) is 0 Å². The van der Waals surface area contributed by atoms with Gasteiger partial charge in [0, 0.05) is 5.02 Å². The van der Waals surface area contributed by atoms with E-state index in [2.05, 4.69) is 13.8 Å². The summed E-state index contributed by atoms with van der Waals surface area (Å²) in [5, 5.41) is 0.810. The number of halogens is 1. The average Bonchev–Trinajstić information content (AvgIpc) is 2.16. The molecule has 0 heterocycles. The van der Waals surface area contributed by atoms with Gasteiger partial charge in [-0.15, -0.1) is 0 Å². The summed E-state index contributed by atoms with van der Waals surface area (Å²) in [6, 6.07) is 5.74. The maximum atomic E-state index is 5.96. The largest absolute Gasteiger partial charge is 0.494 e. The zero-order chi connectivity index (χ0) is 9.68. The minimum atomic E-state index is 0.658. The molecule has 0 aromatic heterocycles. The van der Waals surface area contributed by atoms with Gasteiger partial charge in [-0.3, -0.25) is 0 Å². The lowest BCUT2D eigenvalue weighted by atomic mass is 10.1. The molecule has 0 saturated heterocycles. The van der Waals surface area contributed by atoms with E-state index in [4.69, 9.17) is 16.3 Å². The molecule has 0 saturated carbocycles. The predicted molar refractivity (Wildman–Crippen MR) is 56.3 cm³/mol. The van der Waals surface area contributed by atoms with Crippen molar-refractivity contribution in [1.29, 1.82) is 0 Å². The Morgan fingerprint density at radius 2 is 2.23 bits per heavy atom. The summed E-state index contributed by atoms with van der Waals surface area (Å²) in [4.78, 5) is 0. The highest BCUT2D eigenvalue weighted by atomic mass is 35.5. The van der Waals surface area contributed by atoms with Crippen LogP contribution in [0.3, 0.4) is 0 Å². The smallest absolute Gasteiger partial charge is 0.119 e. The molecule has 0 atom stereocenters. The third kappa shape index (κ3) is 2.92. The van der Waals surface area contributed by atoms with Gasteiger partial charge < -0.3 is 4.74 Å². The van der Waals surface area contributed by atoms with Gasteiger partial charge in [-0.2, -0.15) is 0 Å². The van der Waals surface area contributed by atoms with Gasteiger partial charge in [0.15, 0.2) is 0 Å². The van der Waals surface area contributed by atoms with Crippen LogP contribution in [0, 0.1) is 6.92 Å². The topological polar surface area (TPSA) is 9.23 Å². The molecule has 1 aromatic rings. The first kappa shape index (κ1) is 10.4. The van der Waals surface area contributed by atoms with Crippen LogP contribution in [0.4, 0.5) is 0 Å². The standard InChI is InChI=1S/C11H14ClO/c1-3-7-13-10-5-6-11(12)9(4-2)8-10/h5-6,8H,1,3-4,7H2,2H3. The van der Waals surface area contributed by atoms with E-state index in [1.165, 1.54) is 0 Å². The summed E-state index contributed by atoms with van der Waals surface area (Å²) in [5.74, 6) is 0.880. The fraction of sp³-hybridized carbons (Fsp3) is 0.364. The molecule has 2 heteroatoms. The van der Waals surface area contributed by atoms with Crippen molar-refractivity contribution >= 4 is 11.6 Å². The van der Waals surface area contributed by atoms with Crippen LogP contribution in [0.5, 0.6) is 5.75 Å². The Balaban J connectivity index is 2.74. The van der Waals surface area contributed by atoms with Crippen LogP contribution in [0.25, 0.3) is 0 Å². The van der Waals surface area contributed by atoms with E-state index in [0.717, 1.165) is 29.2 Å².